The van der Waals surface area contributed by atoms with Crippen LogP contribution in [-0.2, 0) is 0 Å². The number of rotatable bonds is 3. The molecule has 3 heterocycles. The van der Waals surface area contributed by atoms with E-state index in [1.807, 2.05) is 26.0 Å². The van der Waals surface area contributed by atoms with Crippen molar-refractivity contribution < 1.29 is 0 Å². The topological polar surface area (TPSA) is 76.5 Å². The van der Waals surface area contributed by atoms with Crippen molar-refractivity contribution in [3.8, 4) is 0 Å². The lowest BCUT2D eigenvalue weighted by molar-refractivity contribution is 0.534. The molecule has 0 aromatic carbocycles. The maximum absolute atomic E-state index is 11.8. The Kier molecular flexibility index (Phi) is 3.81. The van der Waals surface area contributed by atoms with E-state index in [2.05, 4.69) is 36.1 Å². The maximum Gasteiger partial charge on any atom is 0.344 e. The van der Waals surface area contributed by atoms with Crippen molar-refractivity contribution >= 4 is 38.7 Å². The molecule has 8 heteroatoms. The summed E-state index contributed by atoms with van der Waals surface area (Å²) in [6, 6.07) is 3.82. The second-order valence-electron chi connectivity index (χ2n) is 4.71. The largest absolute Gasteiger partial charge is 0.344 e. The third kappa shape index (κ3) is 2.73. The Balaban J connectivity index is 2.09. The number of hydrogen-bond donors (Lipinski definition) is 1. The van der Waals surface area contributed by atoms with Crippen molar-refractivity contribution in [2.45, 2.75) is 29.9 Å². The van der Waals surface area contributed by atoms with Gasteiger partial charge in [-0.2, -0.15) is 0 Å². The number of nitrogens with zero attached hydrogens (tertiary/aromatic N) is 4. The number of hydrogen-bond acceptors (Lipinski definition) is 5. The van der Waals surface area contributed by atoms with Crippen LogP contribution in [0.2, 0.25) is 0 Å². The number of H-pyrrole nitrogens is 1. The molecule has 0 aliphatic rings. The highest BCUT2D eigenvalue weighted by Gasteiger charge is 2.14. The number of pyridine rings is 2. The quantitative estimate of drug-likeness (QED) is 0.771. The third-order valence-electron chi connectivity index (χ3n) is 2.90. The molecule has 3 aromatic rings. The molecule has 6 nitrogen and oxygen atoms in total. The molecule has 0 unspecified atom stereocenters. The van der Waals surface area contributed by atoms with Gasteiger partial charge in [-0.15, -0.1) is 5.10 Å². The van der Waals surface area contributed by atoms with Gasteiger partial charge in [0.1, 0.15) is 5.52 Å². The Morgan fingerprint density at radius 2 is 2.19 bits per heavy atom. The molecule has 0 aliphatic heterocycles. The van der Waals surface area contributed by atoms with Crippen LogP contribution in [-0.4, -0.2) is 24.7 Å². The average molecular weight is 366 g/mol. The molecule has 0 spiro atoms. The highest BCUT2D eigenvalue weighted by Crippen LogP contribution is 2.31. The molecule has 108 valence electrons. The standard InChI is InChI=1S/C13H12BrN5OS/c1-7(2)19-12(20)17-18-13(19)21-10-3-4-15-9-5-8(14)6-16-11(9)10/h3-7H,1-2H3,(H,17,20). The van der Waals surface area contributed by atoms with Gasteiger partial charge in [-0.05, 0) is 53.7 Å². The predicted octanol–water partition coefficient (Wildman–Crippen LogP) is 3.01. The monoisotopic (exact) mass is 365 g/mol. The van der Waals surface area contributed by atoms with Gasteiger partial charge >= 0.3 is 5.69 Å². The van der Waals surface area contributed by atoms with E-state index in [9.17, 15) is 4.79 Å². The Labute approximate surface area is 133 Å². The Bertz CT molecular complexity index is 857. The van der Waals surface area contributed by atoms with E-state index in [1.54, 1.807) is 17.0 Å². The fourth-order valence-corrected chi connectivity index (χ4v) is 3.36. The van der Waals surface area contributed by atoms with Crippen LogP contribution in [0.1, 0.15) is 19.9 Å². The summed E-state index contributed by atoms with van der Waals surface area (Å²) in [6.45, 7) is 3.89. The van der Waals surface area contributed by atoms with Crippen LogP contribution in [0.4, 0.5) is 0 Å². The molecule has 0 amide bonds. The van der Waals surface area contributed by atoms with E-state index >= 15 is 0 Å². The number of halogens is 1. The van der Waals surface area contributed by atoms with Crippen LogP contribution in [0.3, 0.4) is 0 Å². The summed E-state index contributed by atoms with van der Waals surface area (Å²) in [4.78, 5) is 21.4. The highest BCUT2D eigenvalue weighted by molar-refractivity contribution is 9.10. The highest BCUT2D eigenvalue weighted by atomic mass is 79.9. The second kappa shape index (κ2) is 5.61. The van der Waals surface area contributed by atoms with Gasteiger partial charge in [0.25, 0.3) is 0 Å². The molecule has 0 saturated carbocycles. The van der Waals surface area contributed by atoms with Crippen LogP contribution < -0.4 is 5.69 Å². The molecule has 21 heavy (non-hydrogen) atoms. The first-order valence-electron chi connectivity index (χ1n) is 6.31. The van der Waals surface area contributed by atoms with Gasteiger partial charge in [0.2, 0.25) is 0 Å². The maximum atomic E-state index is 11.8. The van der Waals surface area contributed by atoms with Crippen molar-refractivity contribution in [3.63, 3.8) is 0 Å². The van der Waals surface area contributed by atoms with Gasteiger partial charge in [0.05, 0.1) is 5.52 Å². The van der Waals surface area contributed by atoms with Gasteiger partial charge in [-0.1, -0.05) is 0 Å². The van der Waals surface area contributed by atoms with Crippen LogP contribution >= 0.6 is 27.7 Å². The lowest BCUT2D eigenvalue weighted by atomic mass is 10.3. The summed E-state index contributed by atoms with van der Waals surface area (Å²) in [5, 5.41) is 7.19. The zero-order valence-corrected chi connectivity index (χ0v) is 13.8. The first-order valence-corrected chi connectivity index (χ1v) is 7.92. The minimum absolute atomic E-state index is 0.0361. The van der Waals surface area contributed by atoms with Gasteiger partial charge in [0.15, 0.2) is 5.16 Å². The minimum atomic E-state index is -0.207. The predicted molar refractivity (Wildman–Crippen MR) is 84.6 cm³/mol. The zero-order valence-electron chi connectivity index (χ0n) is 11.4. The van der Waals surface area contributed by atoms with E-state index in [1.165, 1.54) is 11.8 Å². The van der Waals surface area contributed by atoms with Gasteiger partial charge in [0, 0.05) is 27.8 Å². The first kappa shape index (κ1) is 14.3. The molecule has 0 bridgehead atoms. The SMILES string of the molecule is CC(C)n1c(Sc2ccnc3cc(Br)cnc23)n[nH]c1=O. The van der Waals surface area contributed by atoms with Crippen molar-refractivity contribution in [3.05, 3.63) is 39.5 Å². The van der Waals surface area contributed by atoms with E-state index in [4.69, 9.17) is 0 Å². The van der Waals surface area contributed by atoms with Crippen LogP contribution in [0.5, 0.6) is 0 Å². The third-order valence-corrected chi connectivity index (χ3v) is 4.35. The summed E-state index contributed by atoms with van der Waals surface area (Å²) < 4.78 is 2.50. The molecule has 0 fully saturated rings. The molecular weight excluding hydrogens is 354 g/mol. The van der Waals surface area contributed by atoms with Gasteiger partial charge < -0.3 is 0 Å². The molecular formula is C13H12BrN5OS. The molecule has 0 radical (unpaired) electrons. The van der Waals surface area contributed by atoms with Gasteiger partial charge in [-0.3, -0.25) is 14.5 Å². The Morgan fingerprint density at radius 1 is 1.38 bits per heavy atom. The normalized spacial score (nSPS) is 11.4. The minimum Gasteiger partial charge on any atom is -0.267 e. The number of nitrogens with one attached hydrogen (secondary N) is 1. The van der Waals surface area contributed by atoms with Crippen LogP contribution in [0.25, 0.3) is 11.0 Å². The summed E-state index contributed by atoms with van der Waals surface area (Å²) in [7, 11) is 0. The van der Waals surface area contributed by atoms with Crippen molar-refractivity contribution in [2.75, 3.05) is 0 Å². The van der Waals surface area contributed by atoms with E-state index in [0.29, 0.717) is 5.16 Å². The van der Waals surface area contributed by atoms with Crippen molar-refractivity contribution in [2.24, 2.45) is 0 Å². The number of aromatic amines is 1. The summed E-state index contributed by atoms with van der Waals surface area (Å²) in [6.07, 6.45) is 3.46. The number of fused-ring (bicyclic) bond motifs is 1. The summed E-state index contributed by atoms with van der Waals surface area (Å²) in [5.74, 6) is 0. The zero-order chi connectivity index (χ0) is 15.0. The fourth-order valence-electron chi connectivity index (χ4n) is 1.98. The number of aromatic nitrogens is 5. The van der Waals surface area contributed by atoms with Crippen LogP contribution in [0, 0.1) is 0 Å². The first-order chi connectivity index (χ1) is 10.1. The molecule has 0 atom stereocenters. The van der Waals surface area contributed by atoms with Crippen molar-refractivity contribution in [1.29, 1.82) is 0 Å². The van der Waals surface area contributed by atoms with E-state index in [0.717, 1.165) is 20.4 Å². The molecule has 1 N–H and O–H groups in total. The lowest BCUT2D eigenvalue weighted by Crippen LogP contribution is -2.19. The lowest BCUT2D eigenvalue weighted by Gasteiger charge is -2.09. The molecule has 3 aromatic heterocycles. The molecule has 0 saturated heterocycles. The molecule has 0 aliphatic carbocycles. The van der Waals surface area contributed by atoms with Crippen molar-refractivity contribution in [1.82, 2.24) is 24.7 Å². The van der Waals surface area contributed by atoms with Gasteiger partial charge in [-0.25, -0.2) is 9.89 Å². The second-order valence-corrected chi connectivity index (χ2v) is 6.63. The fraction of sp³-hybridized carbons (Fsp3) is 0.231. The summed E-state index contributed by atoms with van der Waals surface area (Å²) >= 11 is 4.79. The summed E-state index contributed by atoms with van der Waals surface area (Å²) in [5.41, 5.74) is 1.38. The van der Waals surface area contributed by atoms with E-state index < -0.39 is 0 Å². The average Bonchev–Trinajstić information content (AvgIpc) is 2.79. The van der Waals surface area contributed by atoms with Crippen LogP contribution in [0.15, 0.2) is 43.8 Å². The Morgan fingerprint density at radius 3 is 2.95 bits per heavy atom. The smallest absolute Gasteiger partial charge is 0.267 e. The molecule has 3 rings (SSSR count). The van der Waals surface area contributed by atoms with E-state index in [-0.39, 0.29) is 11.7 Å². The Hall–Kier alpha value is -1.67.